The molecule has 2 aliphatic heterocycles. The van der Waals surface area contributed by atoms with Crippen molar-refractivity contribution in [2.24, 2.45) is 4.99 Å². The van der Waals surface area contributed by atoms with Crippen LogP contribution in [0.4, 0.5) is 11.4 Å². The number of hydrogen-bond donors (Lipinski definition) is 1. The van der Waals surface area contributed by atoms with Crippen LogP contribution in [0.1, 0.15) is 38.7 Å². The lowest BCUT2D eigenvalue weighted by molar-refractivity contribution is 0.319. The molecule has 0 spiro atoms. The summed E-state index contributed by atoms with van der Waals surface area (Å²) in [4.78, 5) is 12.2. The molecule has 2 aromatic rings. The Balaban J connectivity index is 1.73. The molecule has 0 amide bonds. The van der Waals surface area contributed by atoms with E-state index in [0.29, 0.717) is 18.4 Å². The zero-order valence-electron chi connectivity index (χ0n) is 17.8. The Morgan fingerprint density at radius 1 is 1.17 bits per heavy atom. The topological polar surface area (TPSA) is 54.7 Å². The van der Waals surface area contributed by atoms with Gasteiger partial charge in [-0.2, -0.15) is 5.26 Å². The first-order chi connectivity index (χ1) is 14.7. The monoisotopic (exact) mass is 419 g/mol. The summed E-state index contributed by atoms with van der Waals surface area (Å²) in [5.74, 6) is 0.651. The molecule has 156 valence electrons. The molecule has 1 saturated heterocycles. The Morgan fingerprint density at radius 3 is 2.70 bits per heavy atom. The van der Waals surface area contributed by atoms with Crippen molar-refractivity contribution in [1.29, 1.82) is 5.26 Å². The molecule has 0 aliphatic carbocycles. The van der Waals surface area contributed by atoms with Crippen molar-refractivity contribution < 1.29 is 0 Å². The quantitative estimate of drug-likeness (QED) is 0.309. The molecule has 0 radical (unpaired) electrons. The van der Waals surface area contributed by atoms with Crippen LogP contribution in [0.2, 0.25) is 0 Å². The summed E-state index contributed by atoms with van der Waals surface area (Å²) >= 11 is 1.82. The van der Waals surface area contributed by atoms with E-state index >= 15 is 0 Å². The second kappa shape index (κ2) is 9.55. The minimum atomic E-state index is 0.346. The van der Waals surface area contributed by atoms with E-state index in [0.717, 1.165) is 18.5 Å². The van der Waals surface area contributed by atoms with Crippen molar-refractivity contribution in [3.8, 4) is 6.19 Å². The number of aliphatic imine (C=N–C) groups is 1. The van der Waals surface area contributed by atoms with Crippen LogP contribution < -0.4 is 10.2 Å². The minimum absolute atomic E-state index is 0.346. The normalized spacial score (nSPS) is 17.2. The molecule has 0 aromatic heterocycles. The van der Waals surface area contributed by atoms with E-state index < -0.39 is 0 Å². The molecule has 2 aliphatic rings. The van der Waals surface area contributed by atoms with E-state index in [2.05, 4.69) is 76.4 Å². The molecule has 0 bridgehead atoms. The predicted octanol–water partition coefficient (Wildman–Crippen LogP) is 5.00. The maximum Gasteiger partial charge on any atom is 0.182 e. The maximum atomic E-state index is 9.20. The van der Waals surface area contributed by atoms with Gasteiger partial charge in [0.05, 0.1) is 11.4 Å². The fourth-order valence-corrected chi connectivity index (χ4v) is 5.36. The smallest absolute Gasteiger partial charge is 0.182 e. The van der Waals surface area contributed by atoms with E-state index in [9.17, 15) is 5.26 Å². The number of nitriles is 1. The number of benzene rings is 2. The van der Waals surface area contributed by atoms with Gasteiger partial charge in [-0.05, 0) is 69.6 Å². The molecule has 1 fully saturated rings. The van der Waals surface area contributed by atoms with Gasteiger partial charge in [-0.25, -0.2) is 0 Å². The summed E-state index contributed by atoms with van der Waals surface area (Å²) in [6, 6.07) is 15.4. The summed E-state index contributed by atoms with van der Waals surface area (Å²) in [7, 11) is 0. The van der Waals surface area contributed by atoms with Gasteiger partial charge >= 0.3 is 0 Å². The maximum absolute atomic E-state index is 9.20. The van der Waals surface area contributed by atoms with E-state index in [1.54, 1.807) is 0 Å². The van der Waals surface area contributed by atoms with Gasteiger partial charge in [0.15, 0.2) is 6.19 Å². The van der Waals surface area contributed by atoms with Gasteiger partial charge in [0, 0.05) is 34.5 Å². The standard InChI is InChI=1S/C24H29N5S/c1-3-12-26-24(27-17-25)19-10-11-23-21(15-19)29(18(2)16-28-13-6-7-14-28)20-8-4-5-9-22(20)30-23/h4-5,8-11,15,18H,3,6-7,12-14,16H2,1-2H3,(H,26,27). The molecule has 30 heavy (non-hydrogen) atoms. The van der Waals surface area contributed by atoms with Crippen LogP contribution in [0, 0.1) is 11.5 Å². The first-order valence-corrected chi connectivity index (χ1v) is 11.7. The zero-order chi connectivity index (χ0) is 20.9. The van der Waals surface area contributed by atoms with Crippen LogP contribution in [-0.2, 0) is 0 Å². The lowest BCUT2D eigenvalue weighted by atomic mass is 10.1. The lowest BCUT2D eigenvalue weighted by Crippen LogP contribution is -2.40. The Kier molecular flexibility index (Phi) is 6.61. The largest absolute Gasteiger partial charge is 0.335 e. The van der Waals surface area contributed by atoms with E-state index in [4.69, 9.17) is 0 Å². The molecular weight excluding hydrogens is 390 g/mol. The van der Waals surface area contributed by atoms with Crippen molar-refractivity contribution in [2.45, 2.75) is 48.9 Å². The number of para-hydroxylation sites is 1. The number of nitrogens with one attached hydrogen (secondary N) is 1. The molecule has 1 atom stereocenters. The molecular formula is C24H29N5S. The highest BCUT2D eigenvalue weighted by Gasteiger charge is 2.29. The van der Waals surface area contributed by atoms with E-state index in [1.807, 2.05) is 18.0 Å². The number of likely N-dealkylation sites (tertiary alicyclic amines) is 1. The number of nitrogens with zero attached hydrogens (tertiary/aromatic N) is 4. The van der Waals surface area contributed by atoms with Gasteiger partial charge in [-0.1, -0.05) is 30.8 Å². The third-order valence-corrected chi connectivity index (χ3v) is 6.80. The summed E-state index contributed by atoms with van der Waals surface area (Å²) in [5, 5.41) is 12.0. The van der Waals surface area contributed by atoms with Crippen molar-refractivity contribution in [3.05, 3.63) is 48.0 Å². The van der Waals surface area contributed by atoms with Crippen LogP contribution >= 0.6 is 11.8 Å². The van der Waals surface area contributed by atoms with Gasteiger partial charge in [0.1, 0.15) is 5.84 Å². The third kappa shape index (κ3) is 4.33. The Morgan fingerprint density at radius 2 is 1.93 bits per heavy atom. The van der Waals surface area contributed by atoms with Crippen LogP contribution in [0.15, 0.2) is 57.2 Å². The minimum Gasteiger partial charge on any atom is -0.335 e. The number of amidine groups is 1. The van der Waals surface area contributed by atoms with Crippen molar-refractivity contribution >= 4 is 29.0 Å². The number of rotatable bonds is 6. The second-order valence-corrected chi connectivity index (χ2v) is 9.03. The zero-order valence-corrected chi connectivity index (χ0v) is 18.6. The molecule has 4 rings (SSSR count). The third-order valence-electron chi connectivity index (χ3n) is 5.67. The summed E-state index contributed by atoms with van der Waals surface area (Å²) in [6.07, 6.45) is 5.60. The highest BCUT2D eigenvalue weighted by molar-refractivity contribution is 7.99. The molecule has 6 heteroatoms. The van der Waals surface area contributed by atoms with Gasteiger partial charge in [-0.15, -0.1) is 0 Å². The molecule has 1 N–H and O–H groups in total. The van der Waals surface area contributed by atoms with Crippen LogP contribution in [0.25, 0.3) is 0 Å². The van der Waals surface area contributed by atoms with Crippen LogP contribution in [0.5, 0.6) is 0 Å². The highest BCUT2D eigenvalue weighted by atomic mass is 32.2. The Hall–Kier alpha value is -2.49. The Labute approximate surface area is 183 Å². The number of anilines is 2. The number of hydrogen-bond acceptors (Lipinski definition) is 5. The van der Waals surface area contributed by atoms with Gasteiger partial charge in [-0.3, -0.25) is 10.3 Å². The molecule has 5 nitrogen and oxygen atoms in total. The van der Waals surface area contributed by atoms with Gasteiger partial charge in [0.2, 0.25) is 0 Å². The second-order valence-electron chi connectivity index (χ2n) is 7.95. The number of fused-ring (bicyclic) bond motifs is 2. The molecule has 2 heterocycles. The first-order valence-electron chi connectivity index (χ1n) is 10.8. The molecule has 2 aromatic carbocycles. The van der Waals surface area contributed by atoms with Crippen LogP contribution in [-0.4, -0.2) is 43.0 Å². The van der Waals surface area contributed by atoms with Gasteiger partial charge in [0.25, 0.3) is 0 Å². The average Bonchev–Trinajstić information content (AvgIpc) is 3.27. The highest BCUT2D eigenvalue weighted by Crippen LogP contribution is 2.49. The first kappa shape index (κ1) is 20.8. The fourth-order valence-electron chi connectivity index (χ4n) is 4.30. The van der Waals surface area contributed by atoms with Gasteiger partial charge < -0.3 is 9.80 Å². The molecule has 0 saturated carbocycles. The average molecular weight is 420 g/mol. The SMILES string of the molecule is CCCN=C(NC#N)c1ccc2c(c1)N(C(C)CN1CCCC1)c1ccccc1S2. The van der Waals surface area contributed by atoms with Crippen LogP contribution in [0.3, 0.4) is 0 Å². The van der Waals surface area contributed by atoms with Crippen molar-refractivity contribution in [3.63, 3.8) is 0 Å². The lowest BCUT2D eigenvalue weighted by Gasteiger charge is -2.39. The van der Waals surface area contributed by atoms with E-state index in [-0.39, 0.29) is 0 Å². The Bertz CT molecular complexity index is 958. The predicted molar refractivity (Wildman–Crippen MR) is 125 cm³/mol. The van der Waals surface area contributed by atoms with E-state index in [1.165, 1.54) is 47.1 Å². The summed E-state index contributed by atoms with van der Waals surface area (Å²) < 4.78 is 0. The van der Waals surface area contributed by atoms with Crippen molar-refractivity contribution in [2.75, 3.05) is 31.1 Å². The summed E-state index contributed by atoms with van der Waals surface area (Å²) in [6.45, 7) is 8.56. The molecule has 1 unspecified atom stereocenters. The van der Waals surface area contributed by atoms with Crippen molar-refractivity contribution in [1.82, 2.24) is 10.2 Å². The fraction of sp³-hybridized carbons (Fsp3) is 0.417. The summed E-state index contributed by atoms with van der Waals surface area (Å²) in [5.41, 5.74) is 3.42.